The minimum atomic E-state index is -0.155. The maximum Gasteiger partial charge on any atom is 0.0998 e. The lowest BCUT2D eigenvalue weighted by Gasteiger charge is -2.42. The summed E-state index contributed by atoms with van der Waals surface area (Å²) in [5, 5.41) is 12.3. The van der Waals surface area contributed by atoms with E-state index in [1.807, 2.05) is 36.7 Å². The van der Waals surface area contributed by atoms with Crippen LogP contribution in [0.5, 0.6) is 0 Å². The van der Waals surface area contributed by atoms with Crippen LogP contribution in [-0.4, -0.2) is 9.55 Å². The van der Waals surface area contributed by atoms with Crippen molar-refractivity contribution in [2.75, 3.05) is 4.90 Å². The van der Waals surface area contributed by atoms with E-state index >= 15 is 0 Å². The van der Waals surface area contributed by atoms with E-state index in [2.05, 4.69) is 131 Å². The Morgan fingerprint density at radius 2 is 1.28 bits per heavy atom. The van der Waals surface area contributed by atoms with Crippen LogP contribution in [0.4, 0.5) is 17.1 Å². The summed E-state index contributed by atoms with van der Waals surface area (Å²) in [5.41, 5.74) is 11.5. The number of rotatable bonds is 3. The van der Waals surface area contributed by atoms with Gasteiger partial charge in [0.15, 0.2) is 0 Å². The number of hydrogen-bond donors (Lipinski definition) is 0. The number of aromatic nitrogens is 2. The molecule has 0 aliphatic carbocycles. The quantitative estimate of drug-likeness (QED) is 0.219. The normalized spacial score (nSPS) is 13.5. The standard InChI is InChI=1S/C39H28N4/c1-39(2)33-14-6-9-17-37(33)43(38-18-10-7-15-34(38)39)29-22-27(30-12-4-3-11-26(30)24-40)21-28(23-29)42-35-16-8-5-13-31(35)32-25-41-20-19-36(32)42/h3-23,25H,1-2H3. The maximum absolute atomic E-state index is 10.1. The van der Waals surface area contributed by atoms with Crippen LogP contribution in [0.3, 0.4) is 0 Å². The van der Waals surface area contributed by atoms with Crippen LogP contribution in [0.25, 0.3) is 38.6 Å². The van der Waals surface area contributed by atoms with Crippen molar-refractivity contribution in [1.29, 1.82) is 5.26 Å². The van der Waals surface area contributed by atoms with Crippen LogP contribution in [0, 0.1) is 11.3 Å². The van der Waals surface area contributed by atoms with Crippen LogP contribution in [0.2, 0.25) is 0 Å². The smallest absolute Gasteiger partial charge is 0.0998 e. The lowest BCUT2D eigenvalue weighted by molar-refractivity contribution is 0.632. The third-order valence-electron chi connectivity index (χ3n) is 8.89. The Morgan fingerprint density at radius 1 is 0.651 bits per heavy atom. The summed E-state index contributed by atoms with van der Waals surface area (Å²) in [6, 6.07) is 45.0. The minimum absolute atomic E-state index is 0.155. The van der Waals surface area contributed by atoms with Gasteiger partial charge in [-0.15, -0.1) is 0 Å². The van der Waals surface area contributed by atoms with Crippen LogP contribution in [-0.2, 0) is 5.41 Å². The van der Waals surface area contributed by atoms with Crippen molar-refractivity contribution in [2.24, 2.45) is 0 Å². The van der Waals surface area contributed by atoms with Crippen molar-refractivity contribution in [1.82, 2.24) is 9.55 Å². The molecule has 0 bridgehead atoms. The van der Waals surface area contributed by atoms with Crippen LogP contribution >= 0.6 is 0 Å². The number of pyridine rings is 1. The molecule has 5 aromatic carbocycles. The van der Waals surface area contributed by atoms with Gasteiger partial charge in [0.05, 0.1) is 34.0 Å². The number of anilines is 3. The number of nitriles is 1. The first-order valence-electron chi connectivity index (χ1n) is 14.5. The monoisotopic (exact) mass is 552 g/mol. The van der Waals surface area contributed by atoms with Gasteiger partial charge in [-0.2, -0.15) is 5.26 Å². The molecule has 7 aromatic rings. The van der Waals surface area contributed by atoms with Crippen LogP contribution in [0.1, 0.15) is 30.5 Å². The van der Waals surface area contributed by atoms with E-state index in [9.17, 15) is 5.26 Å². The first-order valence-corrected chi connectivity index (χ1v) is 14.5. The average Bonchev–Trinajstić information content (AvgIpc) is 3.39. The fourth-order valence-electron chi connectivity index (χ4n) is 6.88. The summed E-state index contributed by atoms with van der Waals surface area (Å²) in [7, 11) is 0. The predicted molar refractivity (Wildman–Crippen MR) is 176 cm³/mol. The topological polar surface area (TPSA) is 44.9 Å². The third-order valence-corrected chi connectivity index (χ3v) is 8.89. The highest BCUT2D eigenvalue weighted by Gasteiger charge is 2.36. The first kappa shape index (κ1) is 25.1. The molecule has 0 fully saturated rings. The minimum Gasteiger partial charge on any atom is -0.310 e. The van der Waals surface area contributed by atoms with Gasteiger partial charge in [-0.25, -0.2) is 0 Å². The zero-order valence-electron chi connectivity index (χ0n) is 24.0. The van der Waals surface area contributed by atoms with Gasteiger partial charge in [0.25, 0.3) is 0 Å². The first-order chi connectivity index (χ1) is 21.1. The second-order valence-corrected chi connectivity index (χ2v) is 11.6. The lowest BCUT2D eigenvalue weighted by atomic mass is 9.73. The number of benzene rings is 5. The summed E-state index contributed by atoms with van der Waals surface area (Å²) in [4.78, 5) is 6.84. The molecule has 0 amide bonds. The summed E-state index contributed by atoms with van der Waals surface area (Å²) in [6.45, 7) is 4.61. The zero-order valence-corrected chi connectivity index (χ0v) is 24.0. The molecule has 1 aliphatic rings. The molecule has 4 heteroatoms. The lowest BCUT2D eigenvalue weighted by Crippen LogP contribution is -2.30. The fourth-order valence-corrected chi connectivity index (χ4v) is 6.88. The van der Waals surface area contributed by atoms with Gasteiger partial charge in [0.1, 0.15) is 0 Å². The SMILES string of the molecule is CC1(C)c2ccccc2N(c2cc(-c3ccccc3C#N)cc(-n3c4ccccc4c4cnccc43)c2)c2ccccc21. The van der Waals surface area contributed by atoms with E-state index in [-0.39, 0.29) is 5.41 Å². The number of fused-ring (bicyclic) bond motifs is 5. The van der Waals surface area contributed by atoms with Gasteiger partial charge in [0, 0.05) is 40.0 Å². The molecule has 0 radical (unpaired) electrons. The molecule has 0 N–H and O–H groups in total. The Morgan fingerprint density at radius 3 is 2.05 bits per heavy atom. The van der Waals surface area contributed by atoms with E-state index in [0.29, 0.717) is 5.56 Å². The maximum atomic E-state index is 10.1. The van der Waals surface area contributed by atoms with Gasteiger partial charge < -0.3 is 9.47 Å². The van der Waals surface area contributed by atoms with Crippen molar-refractivity contribution in [3.63, 3.8) is 0 Å². The molecule has 204 valence electrons. The molecule has 0 atom stereocenters. The molecule has 0 spiro atoms. The second kappa shape index (κ2) is 9.44. The summed E-state index contributed by atoms with van der Waals surface area (Å²) < 4.78 is 2.32. The number of nitrogens with zero attached hydrogens (tertiary/aromatic N) is 4. The van der Waals surface area contributed by atoms with Crippen LogP contribution < -0.4 is 4.90 Å². The number of para-hydroxylation sites is 3. The van der Waals surface area contributed by atoms with E-state index in [1.165, 1.54) is 11.1 Å². The molecule has 43 heavy (non-hydrogen) atoms. The van der Waals surface area contributed by atoms with Gasteiger partial charge >= 0.3 is 0 Å². The molecule has 2 aromatic heterocycles. The molecule has 1 aliphatic heterocycles. The third kappa shape index (κ3) is 3.72. The van der Waals surface area contributed by atoms with E-state index < -0.39 is 0 Å². The molecule has 0 unspecified atom stereocenters. The Balaban J connectivity index is 1.48. The van der Waals surface area contributed by atoms with Gasteiger partial charge in [0.2, 0.25) is 0 Å². The largest absolute Gasteiger partial charge is 0.310 e. The van der Waals surface area contributed by atoms with Gasteiger partial charge in [-0.1, -0.05) is 86.6 Å². The average molecular weight is 553 g/mol. The van der Waals surface area contributed by atoms with Crippen molar-refractivity contribution in [3.05, 3.63) is 150 Å². The Bertz CT molecular complexity index is 2150. The van der Waals surface area contributed by atoms with Crippen molar-refractivity contribution in [2.45, 2.75) is 19.3 Å². The molecule has 4 nitrogen and oxygen atoms in total. The number of hydrogen-bond acceptors (Lipinski definition) is 3. The molecular formula is C39H28N4. The van der Waals surface area contributed by atoms with Crippen LogP contribution in [0.15, 0.2) is 134 Å². The molecule has 8 rings (SSSR count). The summed E-state index contributed by atoms with van der Waals surface area (Å²) >= 11 is 0. The fraction of sp³-hybridized carbons (Fsp3) is 0.0769. The van der Waals surface area contributed by atoms with E-state index in [4.69, 9.17) is 0 Å². The summed E-state index contributed by atoms with van der Waals surface area (Å²) in [5.74, 6) is 0. The molecule has 0 saturated heterocycles. The molecule has 3 heterocycles. The highest BCUT2D eigenvalue weighted by atomic mass is 15.2. The molecular weight excluding hydrogens is 524 g/mol. The predicted octanol–water partition coefficient (Wildman–Crippen LogP) is 9.83. The van der Waals surface area contributed by atoms with Gasteiger partial charge in [-0.05, 0) is 70.8 Å². The zero-order chi connectivity index (χ0) is 29.1. The van der Waals surface area contributed by atoms with Crippen molar-refractivity contribution < 1.29 is 0 Å². The van der Waals surface area contributed by atoms with E-state index in [1.54, 1.807) is 0 Å². The van der Waals surface area contributed by atoms with Crippen molar-refractivity contribution >= 4 is 38.9 Å². The Hall–Kier alpha value is -5.66. The molecule has 0 saturated carbocycles. The van der Waals surface area contributed by atoms with Crippen molar-refractivity contribution in [3.8, 4) is 22.9 Å². The second-order valence-electron chi connectivity index (χ2n) is 11.6. The Labute approximate surface area is 250 Å². The highest BCUT2D eigenvalue weighted by molar-refractivity contribution is 6.09. The van der Waals surface area contributed by atoms with E-state index in [0.717, 1.165) is 55.7 Å². The Kier molecular flexibility index (Phi) is 5.51. The summed E-state index contributed by atoms with van der Waals surface area (Å²) in [6.07, 6.45) is 3.80. The van der Waals surface area contributed by atoms with Gasteiger partial charge in [-0.3, -0.25) is 4.98 Å². The highest BCUT2D eigenvalue weighted by Crippen LogP contribution is 2.52.